The smallest absolute Gasteiger partial charge is 0.373 e. The van der Waals surface area contributed by atoms with Gasteiger partial charge >= 0.3 is 5.82 Å². The van der Waals surface area contributed by atoms with Crippen molar-refractivity contribution in [2.75, 3.05) is 0 Å². The Morgan fingerprint density at radius 1 is 0.885 bits per heavy atom. The Morgan fingerprint density at radius 3 is 2.08 bits per heavy atom. The average molecular weight is 350 g/mol. The summed E-state index contributed by atoms with van der Waals surface area (Å²) >= 11 is 0. The van der Waals surface area contributed by atoms with Gasteiger partial charge in [-0.05, 0) is 35.7 Å². The molecule has 0 radical (unpaired) electrons. The highest BCUT2D eigenvalue weighted by molar-refractivity contribution is 6.21. The molecule has 26 heavy (non-hydrogen) atoms. The van der Waals surface area contributed by atoms with E-state index in [1.165, 1.54) is 0 Å². The van der Waals surface area contributed by atoms with Gasteiger partial charge in [0, 0.05) is 0 Å². The highest BCUT2D eigenvalue weighted by atomic mass is 16.6. The molecule has 0 saturated heterocycles. The maximum Gasteiger partial charge on any atom is 0.542 e. The number of aromatic nitrogens is 1. The molecule has 2 aromatic carbocycles. The van der Waals surface area contributed by atoms with Gasteiger partial charge < -0.3 is 4.42 Å². The lowest BCUT2D eigenvalue weighted by atomic mass is 10.0. The number of imide groups is 1. The molecule has 7 heteroatoms. The van der Waals surface area contributed by atoms with Gasteiger partial charge in [-0.1, -0.05) is 42.5 Å². The van der Waals surface area contributed by atoms with Crippen LogP contribution in [0.25, 0.3) is 0 Å². The average Bonchev–Trinajstić information content (AvgIpc) is 3.20. The first kappa shape index (κ1) is 16.0. The summed E-state index contributed by atoms with van der Waals surface area (Å²) in [6.07, 6.45) is 0.917. The number of carbonyl (C=O) groups excluding carboxylic acids is 2. The van der Waals surface area contributed by atoms with Gasteiger partial charge in [0.1, 0.15) is 6.04 Å². The fourth-order valence-corrected chi connectivity index (χ4v) is 3.14. The molecule has 7 nitrogen and oxygen atoms in total. The number of benzene rings is 2. The van der Waals surface area contributed by atoms with E-state index in [1.807, 2.05) is 30.3 Å². The fourth-order valence-electron chi connectivity index (χ4n) is 3.14. The number of nitrogens with zero attached hydrogens (tertiary/aromatic N) is 2. The number of amides is 2. The summed E-state index contributed by atoms with van der Waals surface area (Å²) in [5.74, 6) is -1.93. The minimum atomic E-state index is -0.971. The molecule has 1 aromatic heterocycles. The summed E-state index contributed by atoms with van der Waals surface area (Å²) in [5, 5.41) is 3.60. The van der Waals surface area contributed by atoms with Gasteiger partial charge in [-0.3, -0.25) is 19.0 Å². The van der Waals surface area contributed by atoms with Gasteiger partial charge in [-0.2, -0.15) is 0 Å². The van der Waals surface area contributed by atoms with Crippen LogP contribution in [0.1, 0.15) is 44.6 Å². The Balaban J connectivity index is 1.68. The van der Waals surface area contributed by atoms with Crippen molar-refractivity contribution in [3.05, 3.63) is 87.8 Å². The molecule has 1 atom stereocenters. The summed E-state index contributed by atoms with van der Waals surface area (Å²) in [6.45, 7) is 0. The number of fused-ring (bicyclic) bond motifs is 1. The summed E-state index contributed by atoms with van der Waals surface area (Å²) in [5.41, 5.74) is 1.68. The van der Waals surface area contributed by atoms with Crippen LogP contribution in [0, 0.1) is 0 Å². The lowest BCUT2D eigenvalue weighted by Gasteiger charge is -2.22. The quantitative estimate of drug-likeness (QED) is 0.657. The molecule has 0 bridgehead atoms. The van der Waals surface area contributed by atoms with Crippen molar-refractivity contribution >= 4 is 11.8 Å². The molecule has 0 spiro atoms. The van der Waals surface area contributed by atoms with Crippen LogP contribution in [0.15, 0.2) is 68.3 Å². The summed E-state index contributed by atoms with van der Waals surface area (Å²) in [4.78, 5) is 37.9. The zero-order chi connectivity index (χ0) is 18.1. The van der Waals surface area contributed by atoms with Crippen molar-refractivity contribution < 1.29 is 18.5 Å². The van der Waals surface area contributed by atoms with Crippen LogP contribution in [0.2, 0.25) is 0 Å². The zero-order valence-electron chi connectivity index (χ0n) is 13.6. The summed E-state index contributed by atoms with van der Waals surface area (Å²) < 4.78 is 9.45. The van der Waals surface area contributed by atoms with E-state index in [2.05, 4.69) is 9.68 Å². The highest BCUT2D eigenvalue weighted by Gasteiger charge is 2.42. The second-order valence-electron chi connectivity index (χ2n) is 5.94. The Hall–Kier alpha value is -3.48. The molecular formula is C19H14N2O5. The van der Waals surface area contributed by atoms with Crippen LogP contribution in [0.3, 0.4) is 0 Å². The molecule has 0 saturated carbocycles. The molecule has 1 unspecified atom stereocenters. The Kier molecular flexibility index (Phi) is 3.96. The molecule has 2 heterocycles. The van der Waals surface area contributed by atoms with Gasteiger partial charge in [-0.15, -0.1) is 0 Å². The molecule has 1 aliphatic heterocycles. The second kappa shape index (κ2) is 6.44. The maximum absolute atomic E-state index is 12.8. The maximum atomic E-state index is 12.8. The van der Waals surface area contributed by atoms with Crippen LogP contribution >= 0.6 is 0 Å². The SMILES string of the molecule is O=C1c2ccccc2C(=O)N1C(CCc1ccccc1)c1noc(=O)o1. The van der Waals surface area contributed by atoms with Crippen molar-refractivity contribution in [2.45, 2.75) is 18.9 Å². The van der Waals surface area contributed by atoms with Gasteiger partial charge in [0.2, 0.25) is 0 Å². The fraction of sp³-hybridized carbons (Fsp3) is 0.158. The summed E-state index contributed by atoms with van der Waals surface area (Å²) in [6, 6.07) is 15.4. The van der Waals surface area contributed by atoms with Crippen LogP contribution in [0.4, 0.5) is 0 Å². The minimum Gasteiger partial charge on any atom is -0.373 e. The number of rotatable bonds is 5. The Bertz CT molecular complexity index is 986. The summed E-state index contributed by atoms with van der Waals surface area (Å²) in [7, 11) is 0. The third-order valence-corrected chi connectivity index (χ3v) is 4.37. The van der Waals surface area contributed by atoms with Gasteiger partial charge in [0.25, 0.3) is 17.7 Å². The highest BCUT2D eigenvalue weighted by Crippen LogP contribution is 2.33. The molecule has 4 rings (SSSR count). The van der Waals surface area contributed by atoms with E-state index < -0.39 is 23.7 Å². The van der Waals surface area contributed by atoms with E-state index in [-0.39, 0.29) is 5.89 Å². The van der Waals surface area contributed by atoms with Gasteiger partial charge in [-0.25, -0.2) is 4.79 Å². The van der Waals surface area contributed by atoms with Crippen molar-refractivity contribution in [3.8, 4) is 0 Å². The van der Waals surface area contributed by atoms with Crippen molar-refractivity contribution in [2.24, 2.45) is 0 Å². The third-order valence-electron chi connectivity index (χ3n) is 4.37. The Labute approximate surface area is 147 Å². The standard InChI is InChI=1S/C19H14N2O5/c22-17-13-8-4-5-9-14(13)18(23)21(17)15(16-20-26-19(24)25-16)11-10-12-6-2-1-3-7-12/h1-9,15H,10-11H2. The van der Waals surface area contributed by atoms with Crippen LogP contribution in [-0.4, -0.2) is 21.9 Å². The molecule has 130 valence electrons. The van der Waals surface area contributed by atoms with E-state index in [1.54, 1.807) is 24.3 Å². The molecule has 3 aromatic rings. The monoisotopic (exact) mass is 350 g/mol. The van der Waals surface area contributed by atoms with E-state index in [9.17, 15) is 14.4 Å². The van der Waals surface area contributed by atoms with E-state index >= 15 is 0 Å². The van der Waals surface area contributed by atoms with Crippen molar-refractivity contribution in [3.63, 3.8) is 0 Å². The first-order valence-electron chi connectivity index (χ1n) is 8.12. The van der Waals surface area contributed by atoms with Crippen molar-refractivity contribution in [1.82, 2.24) is 10.1 Å². The molecule has 0 N–H and O–H groups in total. The first-order valence-corrected chi connectivity index (χ1v) is 8.12. The first-order chi connectivity index (χ1) is 12.6. The lowest BCUT2D eigenvalue weighted by Crippen LogP contribution is -2.34. The largest absolute Gasteiger partial charge is 0.542 e. The second-order valence-corrected chi connectivity index (χ2v) is 5.94. The van der Waals surface area contributed by atoms with E-state index in [0.717, 1.165) is 10.5 Å². The molecule has 1 aliphatic rings. The third kappa shape index (κ3) is 2.73. The van der Waals surface area contributed by atoms with Crippen LogP contribution in [0.5, 0.6) is 0 Å². The van der Waals surface area contributed by atoms with E-state index in [4.69, 9.17) is 4.42 Å². The molecule has 0 fully saturated rings. The lowest BCUT2D eigenvalue weighted by molar-refractivity contribution is 0.0546. The van der Waals surface area contributed by atoms with Gasteiger partial charge in [0.15, 0.2) is 0 Å². The van der Waals surface area contributed by atoms with Crippen LogP contribution in [-0.2, 0) is 6.42 Å². The number of aryl methyl sites for hydroxylation is 1. The zero-order valence-corrected chi connectivity index (χ0v) is 13.6. The normalized spacial score (nSPS) is 14.5. The number of hydrogen-bond donors (Lipinski definition) is 0. The number of hydrogen-bond acceptors (Lipinski definition) is 6. The Morgan fingerprint density at radius 2 is 1.50 bits per heavy atom. The van der Waals surface area contributed by atoms with Crippen molar-refractivity contribution in [1.29, 1.82) is 0 Å². The predicted octanol–water partition coefficient (Wildman–Crippen LogP) is 2.60. The topological polar surface area (TPSA) is 93.6 Å². The molecule has 2 amide bonds. The minimum absolute atomic E-state index is 0.0829. The molecule has 0 aliphatic carbocycles. The van der Waals surface area contributed by atoms with Crippen LogP contribution < -0.4 is 5.82 Å². The molecular weight excluding hydrogens is 336 g/mol. The number of carbonyl (C=O) groups is 2. The van der Waals surface area contributed by atoms with E-state index in [0.29, 0.717) is 24.0 Å². The van der Waals surface area contributed by atoms with Gasteiger partial charge in [0.05, 0.1) is 11.1 Å². The predicted molar refractivity (Wildman–Crippen MR) is 89.5 cm³/mol.